The molecule has 2 aliphatic rings. The maximum absolute atomic E-state index is 13.7. The second-order valence-electron chi connectivity index (χ2n) is 10.2. The van der Waals surface area contributed by atoms with Gasteiger partial charge in [0, 0.05) is 33.9 Å². The lowest BCUT2D eigenvalue weighted by Gasteiger charge is -2.42. The number of pyridine rings is 1. The molecule has 0 fully saturated rings. The molecule has 1 unspecified atom stereocenters. The van der Waals surface area contributed by atoms with E-state index in [1.54, 1.807) is 35.2 Å². The Kier molecular flexibility index (Phi) is 8.32. The zero-order valence-corrected chi connectivity index (χ0v) is 25.6. The van der Waals surface area contributed by atoms with Gasteiger partial charge in [-0.3, -0.25) is 14.5 Å². The van der Waals surface area contributed by atoms with Crippen molar-refractivity contribution in [3.05, 3.63) is 79.8 Å². The van der Waals surface area contributed by atoms with E-state index < -0.39 is 5.92 Å². The molecule has 0 spiro atoms. The minimum Gasteiger partial charge on any atom is -0.384 e. The highest BCUT2D eigenvalue weighted by Crippen LogP contribution is 2.51. The second kappa shape index (κ2) is 11.6. The number of ketones is 1. The third-order valence-corrected chi connectivity index (χ3v) is 9.39. The van der Waals surface area contributed by atoms with Crippen LogP contribution in [0.1, 0.15) is 38.2 Å². The predicted molar refractivity (Wildman–Crippen MR) is 162 cm³/mol. The SMILES string of the molecule is CC1(C)CC(=O)C2=C(C1)N(c1nnc(SCC(=O)Nc3ccc(Cl)cn3)s1)C(N)=C(C#N)C2c1ccc(Cl)cc1Cl. The van der Waals surface area contributed by atoms with Crippen LogP contribution in [0.5, 0.6) is 0 Å². The molecule has 5 rings (SSSR count). The maximum Gasteiger partial charge on any atom is 0.235 e. The first-order valence-corrected chi connectivity index (χ1v) is 15.2. The molecule has 1 amide bonds. The lowest BCUT2D eigenvalue weighted by Crippen LogP contribution is -2.42. The number of nitrogens with two attached hydrogens (primary N) is 1. The fourth-order valence-electron chi connectivity index (χ4n) is 4.88. The number of hydrogen-bond acceptors (Lipinski definition) is 10. The molecule has 41 heavy (non-hydrogen) atoms. The summed E-state index contributed by atoms with van der Waals surface area (Å²) in [6, 6.07) is 10.4. The number of thioether (sulfide) groups is 1. The van der Waals surface area contributed by atoms with Crippen molar-refractivity contribution in [3.63, 3.8) is 0 Å². The Bertz CT molecular complexity index is 1660. The van der Waals surface area contributed by atoms with Crippen molar-refractivity contribution < 1.29 is 9.59 Å². The van der Waals surface area contributed by atoms with Crippen molar-refractivity contribution in [1.82, 2.24) is 15.2 Å². The molecule has 0 bridgehead atoms. The number of nitrogens with one attached hydrogen (secondary N) is 1. The summed E-state index contributed by atoms with van der Waals surface area (Å²) >= 11 is 20.9. The first kappa shape index (κ1) is 29.4. The number of benzene rings is 1. The molecule has 210 valence electrons. The fraction of sp³-hybridized carbons (Fsp3) is 0.259. The van der Waals surface area contributed by atoms with Gasteiger partial charge in [-0.1, -0.05) is 77.8 Å². The molecule has 0 radical (unpaired) electrons. The number of nitrogens with zero attached hydrogens (tertiary/aromatic N) is 5. The molecule has 1 aliphatic carbocycles. The first-order valence-electron chi connectivity index (χ1n) is 12.3. The summed E-state index contributed by atoms with van der Waals surface area (Å²) in [7, 11) is 0. The molecule has 0 saturated carbocycles. The fourth-order valence-corrected chi connectivity index (χ4v) is 7.19. The molecule has 3 heterocycles. The van der Waals surface area contributed by atoms with E-state index >= 15 is 0 Å². The molecule has 3 aromatic rings. The largest absolute Gasteiger partial charge is 0.384 e. The van der Waals surface area contributed by atoms with Gasteiger partial charge in [0.15, 0.2) is 10.1 Å². The Morgan fingerprint density at radius 3 is 2.66 bits per heavy atom. The molecule has 9 nitrogen and oxygen atoms in total. The smallest absolute Gasteiger partial charge is 0.235 e. The summed E-state index contributed by atoms with van der Waals surface area (Å²) in [4.78, 5) is 31.8. The Morgan fingerprint density at radius 2 is 1.98 bits per heavy atom. The first-order chi connectivity index (χ1) is 19.5. The summed E-state index contributed by atoms with van der Waals surface area (Å²) < 4.78 is 0.511. The van der Waals surface area contributed by atoms with Crippen LogP contribution in [0, 0.1) is 16.7 Å². The number of carbonyl (C=O) groups excluding carboxylic acids is 2. The van der Waals surface area contributed by atoms with Crippen LogP contribution in [0.3, 0.4) is 0 Å². The van der Waals surface area contributed by atoms with Crippen LogP contribution in [0.4, 0.5) is 10.9 Å². The predicted octanol–water partition coefficient (Wildman–Crippen LogP) is 6.56. The Balaban J connectivity index is 1.48. The molecular weight excluding hydrogens is 625 g/mol. The van der Waals surface area contributed by atoms with E-state index in [0.29, 0.717) is 60.0 Å². The van der Waals surface area contributed by atoms with E-state index in [0.717, 1.165) is 0 Å². The van der Waals surface area contributed by atoms with Crippen molar-refractivity contribution in [1.29, 1.82) is 5.26 Å². The summed E-state index contributed by atoms with van der Waals surface area (Å²) in [6.07, 6.45) is 2.25. The highest BCUT2D eigenvalue weighted by Gasteiger charge is 2.46. The highest BCUT2D eigenvalue weighted by molar-refractivity contribution is 8.01. The van der Waals surface area contributed by atoms with Crippen molar-refractivity contribution in [2.45, 2.75) is 36.9 Å². The number of hydrogen-bond donors (Lipinski definition) is 2. The Labute approximate surface area is 259 Å². The molecular formula is C27H22Cl3N7O2S2. The third kappa shape index (κ3) is 6.08. The standard InChI is InChI=1S/C27H22Cl3N7O2S2/c1-27(2)8-18-23(19(38)9-27)22(15-5-3-13(28)7-17(15)30)16(10-31)24(32)37(18)25-35-36-26(41-25)40-12-21(39)34-20-6-4-14(29)11-33-20/h3-7,11,22H,8-9,12,32H2,1-2H3,(H,33,34,39). The zero-order valence-electron chi connectivity index (χ0n) is 21.7. The van der Waals surface area contributed by atoms with Gasteiger partial charge in [0.1, 0.15) is 11.6 Å². The number of allylic oxidation sites excluding steroid dienone is 3. The summed E-state index contributed by atoms with van der Waals surface area (Å²) in [5.41, 5.74) is 8.17. The van der Waals surface area contributed by atoms with E-state index in [2.05, 4.69) is 26.6 Å². The number of Topliss-reactive ketones (excluding diaryl/α,β-unsaturated/α-hetero) is 1. The van der Waals surface area contributed by atoms with Crippen LogP contribution in [0.15, 0.2) is 63.5 Å². The van der Waals surface area contributed by atoms with Gasteiger partial charge in [-0.05, 0) is 41.7 Å². The number of anilines is 2. The number of nitriles is 1. The molecule has 1 atom stereocenters. The third-order valence-electron chi connectivity index (χ3n) is 6.56. The molecule has 2 aromatic heterocycles. The average Bonchev–Trinajstić information content (AvgIpc) is 3.36. The molecule has 14 heteroatoms. The van der Waals surface area contributed by atoms with E-state index in [4.69, 9.17) is 40.5 Å². The quantitative estimate of drug-likeness (QED) is 0.285. The van der Waals surface area contributed by atoms with Gasteiger partial charge < -0.3 is 11.1 Å². The van der Waals surface area contributed by atoms with Crippen molar-refractivity contribution in [2.24, 2.45) is 11.1 Å². The second-order valence-corrected chi connectivity index (χ2v) is 13.7. The highest BCUT2D eigenvalue weighted by atomic mass is 35.5. The minimum absolute atomic E-state index is 0.0598. The minimum atomic E-state index is -0.744. The van der Waals surface area contributed by atoms with Crippen LogP contribution in [0.2, 0.25) is 15.1 Å². The van der Waals surface area contributed by atoms with Crippen LogP contribution >= 0.6 is 57.9 Å². The van der Waals surface area contributed by atoms with Gasteiger partial charge in [-0.2, -0.15) is 5.26 Å². The number of rotatable bonds is 6. The van der Waals surface area contributed by atoms with Crippen LogP contribution in [-0.2, 0) is 9.59 Å². The van der Waals surface area contributed by atoms with Crippen molar-refractivity contribution >= 4 is 80.5 Å². The molecule has 0 saturated heterocycles. The van der Waals surface area contributed by atoms with E-state index in [1.807, 2.05) is 13.8 Å². The van der Waals surface area contributed by atoms with Crippen molar-refractivity contribution in [3.8, 4) is 6.07 Å². The zero-order chi connectivity index (χ0) is 29.5. The summed E-state index contributed by atoms with van der Waals surface area (Å²) in [5, 5.41) is 23.1. The summed E-state index contributed by atoms with van der Waals surface area (Å²) in [5.74, 6) is -0.530. The number of aromatic nitrogens is 3. The number of carbonyl (C=O) groups is 2. The van der Waals surface area contributed by atoms with E-state index in [1.165, 1.54) is 29.3 Å². The van der Waals surface area contributed by atoms with Crippen LogP contribution < -0.4 is 16.0 Å². The lowest BCUT2D eigenvalue weighted by molar-refractivity contribution is -0.118. The van der Waals surface area contributed by atoms with E-state index in [9.17, 15) is 14.9 Å². The lowest BCUT2D eigenvalue weighted by atomic mass is 9.68. The van der Waals surface area contributed by atoms with Gasteiger partial charge in [-0.15, -0.1) is 10.2 Å². The molecule has 3 N–H and O–H groups in total. The van der Waals surface area contributed by atoms with Gasteiger partial charge in [0.2, 0.25) is 11.0 Å². The Morgan fingerprint density at radius 1 is 1.22 bits per heavy atom. The normalized spacial score (nSPS) is 18.3. The van der Waals surface area contributed by atoms with Gasteiger partial charge in [0.25, 0.3) is 0 Å². The number of amides is 1. The number of halogens is 3. The van der Waals surface area contributed by atoms with Crippen molar-refractivity contribution in [2.75, 3.05) is 16.0 Å². The molecule has 1 aliphatic heterocycles. The van der Waals surface area contributed by atoms with Gasteiger partial charge >= 0.3 is 0 Å². The van der Waals surface area contributed by atoms with E-state index in [-0.39, 0.29) is 34.3 Å². The Hall–Kier alpha value is -3.14. The van der Waals surface area contributed by atoms with Gasteiger partial charge in [0.05, 0.1) is 28.3 Å². The monoisotopic (exact) mass is 645 g/mol. The van der Waals surface area contributed by atoms with Crippen LogP contribution in [0.25, 0.3) is 0 Å². The summed E-state index contributed by atoms with van der Waals surface area (Å²) in [6.45, 7) is 4.01. The van der Waals surface area contributed by atoms with Gasteiger partial charge in [-0.25, -0.2) is 4.98 Å². The molecule has 1 aromatic carbocycles. The maximum atomic E-state index is 13.7. The topological polar surface area (TPSA) is 138 Å². The average molecular weight is 647 g/mol. The van der Waals surface area contributed by atoms with Crippen LogP contribution in [-0.4, -0.2) is 32.6 Å².